The second kappa shape index (κ2) is 6.90. The van der Waals surface area contributed by atoms with E-state index in [0.717, 1.165) is 14.0 Å². The summed E-state index contributed by atoms with van der Waals surface area (Å²) in [4.78, 5) is 15.0. The van der Waals surface area contributed by atoms with E-state index in [0.29, 0.717) is 25.9 Å². The third kappa shape index (κ3) is 4.15. The van der Waals surface area contributed by atoms with Gasteiger partial charge in [0.2, 0.25) is 0 Å². The number of piperidine rings is 1. The molecule has 9 heteroatoms. The molecule has 2 heterocycles. The Morgan fingerprint density at radius 1 is 1.43 bits per heavy atom. The summed E-state index contributed by atoms with van der Waals surface area (Å²) in [5.41, 5.74) is 1.13. The highest BCUT2D eigenvalue weighted by Gasteiger charge is 2.27. The van der Waals surface area contributed by atoms with E-state index in [4.69, 9.17) is 0 Å². The van der Waals surface area contributed by atoms with E-state index in [1.807, 2.05) is 12.3 Å². The maximum absolute atomic E-state index is 12.5. The molecule has 1 aromatic heterocycles. The van der Waals surface area contributed by atoms with Gasteiger partial charge in [0, 0.05) is 29.7 Å². The van der Waals surface area contributed by atoms with Crippen LogP contribution in [0.3, 0.4) is 0 Å². The van der Waals surface area contributed by atoms with Crippen LogP contribution >= 0.6 is 33.9 Å². The first kappa shape index (κ1) is 17.1. The molecule has 0 bridgehead atoms. The van der Waals surface area contributed by atoms with Gasteiger partial charge in [-0.25, -0.2) is 4.72 Å². The van der Waals surface area contributed by atoms with Crippen molar-refractivity contribution in [2.24, 2.45) is 0 Å². The van der Waals surface area contributed by atoms with E-state index in [2.05, 4.69) is 32.0 Å². The predicted molar refractivity (Wildman–Crippen MR) is 91.8 cm³/mol. The normalized spacial score (nSPS) is 17.2. The first-order valence-electron chi connectivity index (χ1n) is 6.57. The van der Waals surface area contributed by atoms with E-state index in [1.54, 1.807) is 4.90 Å². The lowest BCUT2D eigenvalue weighted by Gasteiger charge is -2.32. The number of halogens is 1. The van der Waals surface area contributed by atoms with Gasteiger partial charge >= 0.3 is 0 Å². The van der Waals surface area contributed by atoms with E-state index in [-0.39, 0.29) is 11.9 Å². The van der Waals surface area contributed by atoms with E-state index in [1.165, 1.54) is 18.4 Å². The maximum atomic E-state index is 12.5. The van der Waals surface area contributed by atoms with E-state index in [9.17, 15) is 13.2 Å². The van der Waals surface area contributed by atoms with Gasteiger partial charge in [0.05, 0.1) is 0 Å². The van der Waals surface area contributed by atoms with Crippen molar-refractivity contribution in [3.63, 3.8) is 0 Å². The zero-order valence-electron chi connectivity index (χ0n) is 11.8. The van der Waals surface area contributed by atoms with Crippen LogP contribution in [0.1, 0.15) is 28.1 Å². The summed E-state index contributed by atoms with van der Waals surface area (Å²) in [6, 6.07) is -0.115. The number of rotatable bonds is 4. The van der Waals surface area contributed by atoms with Crippen molar-refractivity contribution < 1.29 is 13.2 Å². The molecule has 0 saturated carbocycles. The lowest BCUT2D eigenvalue weighted by molar-refractivity contribution is 0.0715. The standard InChI is InChI=1S/C12H18IN3O3S2/c1-8-7-20-11(10(8)13)12(17)16-5-3-9(4-6-16)15-21(18,19)14-2/h7,9,14-15H,3-6H2,1-2H3. The Bertz CT molecular complexity index is 622. The first-order valence-corrected chi connectivity index (χ1v) is 10.0. The number of thiophene rings is 1. The van der Waals surface area contributed by atoms with Crippen molar-refractivity contribution in [3.05, 3.63) is 19.4 Å². The summed E-state index contributed by atoms with van der Waals surface area (Å²) in [7, 11) is -2.04. The zero-order chi connectivity index (χ0) is 15.6. The lowest BCUT2D eigenvalue weighted by Crippen LogP contribution is -2.48. The molecule has 0 unspecified atom stereocenters. The summed E-state index contributed by atoms with van der Waals surface area (Å²) in [6.45, 7) is 3.14. The molecule has 0 atom stereocenters. The molecular weight excluding hydrogens is 425 g/mol. The number of carbonyl (C=O) groups is 1. The second-order valence-corrected chi connectivity index (χ2v) is 8.56. The molecule has 1 aromatic rings. The molecule has 1 saturated heterocycles. The number of nitrogens with zero attached hydrogens (tertiary/aromatic N) is 1. The smallest absolute Gasteiger partial charge is 0.276 e. The van der Waals surface area contributed by atoms with Crippen molar-refractivity contribution in [2.45, 2.75) is 25.8 Å². The summed E-state index contributed by atoms with van der Waals surface area (Å²) in [5, 5.41) is 1.99. The number of amides is 1. The highest BCUT2D eigenvalue weighted by molar-refractivity contribution is 14.1. The fraction of sp³-hybridized carbons (Fsp3) is 0.583. The molecule has 0 radical (unpaired) electrons. The van der Waals surface area contributed by atoms with Crippen LogP contribution in [0.15, 0.2) is 5.38 Å². The van der Waals surface area contributed by atoms with Gasteiger partial charge in [0.15, 0.2) is 0 Å². The average Bonchev–Trinajstić information content (AvgIpc) is 2.79. The average molecular weight is 443 g/mol. The van der Waals surface area contributed by atoms with Gasteiger partial charge in [-0.05, 0) is 53.3 Å². The van der Waals surface area contributed by atoms with Gasteiger partial charge < -0.3 is 4.90 Å². The van der Waals surface area contributed by atoms with Crippen LogP contribution in [0.2, 0.25) is 0 Å². The zero-order valence-corrected chi connectivity index (χ0v) is 15.6. The van der Waals surface area contributed by atoms with Gasteiger partial charge in [0.25, 0.3) is 16.1 Å². The largest absolute Gasteiger partial charge is 0.338 e. The van der Waals surface area contributed by atoms with Gasteiger partial charge in [-0.3, -0.25) is 4.79 Å². The molecule has 0 aliphatic carbocycles. The van der Waals surface area contributed by atoms with Crippen LogP contribution in [0.5, 0.6) is 0 Å². The lowest BCUT2D eigenvalue weighted by atomic mass is 10.1. The Balaban J connectivity index is 1.95. The Morgan fingerprint density at radius 2 is 2.05 bits per heavy atom. The molecule has 1 fully saturated rings. The number of aryl methyl sites for hydroxylation is 1. The summed E-state index contributed by atoms with van der Waals surface area (Å²) in [5.74, 6) is 0.0485. The van der Waals surface area contributed by atoms with E-state index < -0.39 is 10.2 Å². The van der Waals surface area contributed by atoms with Crippen LogP contribution in [-0.2, 0) is 10.2 Å². The molecule has 1 amide bonds. The molecule has 2 rings (SSSR count). The van der Waals surface area contributed by atoms with Crippen LogP contribution in [-0.4, -0.2) is 45.4 Å². The Hall–Kier alpha value is -0.230. The highest BCUT2D eigenvalue weighted by Crippen LogP contribution is 2.26. The molecule has 1 aliphatic heterocycles. The van der Waals surface area contributed by atoms with Crippen molar-refractivity contribution in [3.8, 4) is 0 Å². The van der Waals surface area contributed by atoms with Crippen molar-refractivity contribution in [2.75, 3.05) is 20.1 Å². The topological polar surface area (TPSA) is 78.5 Å². The van der Waals surface area contributed by atoms with Crippen LogP contribution in [0.25, 0.3) is 0 Å². The SMILES string of the molecule is CNS(=O)(=O)NC1CCN(C(=O)c2scc(C)c2I)CC1. The van der Waals surface area contributed by atoms with Gasteiger partial charge in [0.1, 0.15) is 4.88 Å². The highest BCUT2D eigenvalue weighted by atomic mass is 127. The minimum Gasteiger partial charge on any atom is -0.338 e. The van der Waals surface area contributed by atoms with Gasteiger partial charge in [-0.15, -0.1) is 11.3 Å². The Kier molecular flexibility index (Phi) is 5.63. The monoisotopic (exact) mass is 443 g/mol. The second-order valence-electron chi connectivity index (χ2n) is 4.95. The molecule has 1 aliphatic rings. The quantitative estimate of drug-likeness (QED) is 0.690. The van der Waals surface area contributed by atoms with Crippen LogP contribution in [0.4, 0.5) is 0 Å². The minimum atomic E-state index is -3.41. The Labute approximate surface area is 142 Å². The van der Waals surface area contributed by atoms with Crippen LogP contribution < -0.4 is 9.44 Å². The predicted octanol–water partition coefficient (Wildman–Crippen LogP) is 1.32. The minimum absolute atomic E-state index is 0.0485. The van der Waals surface area contributed by atoms with Gasteiger partial charge in [-0.1, -0.05) is 0 Å². The first-order chi connectivity index (χ1) is 9.84. The van der Waals surface area contributed by atoms with Crippen molar-refractivity contribution >= 4 is 50.0 Å². The third-order valence-electron chi connectivity index (χ3n) is 3.47. The summed E-state index contributed by atoms with van der Waals surface area (Å²) < 4.78 is 28.7. The fourth-order valence-corrected chi connectivity index (χ4v) is 4.87. The number of nitrogens with one attached hydrogen (secondary N) is 2. The number of carbonyl (C=O) groups excluding carboxylic acids is 1. The molecular formula is C12H18IN3O3S2. The molecule has 0 spiro atoms. The molecule has 0 aromatic carbocycles. The third-order valence-corrected chi connectivity index (χ3v) is 7.49. The molecule has 2 N–H and O–H groups in total. The number of likely N-dealkylation sites (tertiary alicyclic amines) is 1. The van der Waals surface area contributed by atoms with Gasteiger partial charge in [-0.2, -0.15) is 13.1 Å². The van der Waals surface area contributed by atoms with Crippen molar-refractivity contribution in [1.82, 2.24) is 14.3 Å². The van der Waals surface area contributed by atoms with E-state index >= 15 is 0 Å². The van der Waals surface area contributed by atoms with Crippen LogP contribution in [0, 0.1) is 10.5 Å². The number of hydrogen-bond acceptors (Lipinski definition) is 4. The summed E-state index contributed by atoms with van der Waals surface area (Å²) >= 11 is 3.67. The molecule has 118 valence electrons. The Morgan fingerprint density at radius 3 is 2.52 bits per heavy atom. The molecule has 21 heavy (non-hydrogen) atoms. The molecule has 6 nitrogen and oxygen atoms in total. The number of hydrogen-bond donors (Lipinski definition) is 2. The maximum Gasteiger partial charge on any atom is 0.276 e. The van der Waals surface area contributed by atoms with Crippen molar-refractivity contribution in [1.29, 1.82) is 0 Å². The summed E-state index contributed by atoms with van der Waals surface area (Å²) in [6.07, 6.45) is 1.27. The fourth-order valence-electron chi connectivity index (χ4n) is 2.20.